The first-order valence-electron chi connectivity index (χ1n) is 5.80. The quantitative estimate of drug-likeness (QED) is 0.798. The summed E-state index contributed by atoms with van der Waals surface area (Å²) in [4.78, 5) is 3.32. The zero-order valence-corrected chi connectivity index (χ0v) is 11.5. The normalized spacial score (nSPS) is 11.3. The number of hydrogen-bond acceptors (Lipinski definition) is 1. The van der Waals surface area contributed by atoms with E-state index in [9.17, 15) is 0 Å². The number of aryl methyl sites for hydroxylation is 1. The Kier molecular flexibility index (Phi) is 3.97. The van der Waals surface area contributed by atoms with Gasteiger partial charge in [0.1, 0.15) is 0 Å². The van der Waals surface area contributed by atoms with Gasteiger partial charge >= 0.3 is 0 Å². The fourth-order valence-electron chi connectivity index (χ4n) is 2.02. The second kappa shape index (κ2) is 5.30. The number of aromatic nitrogens is 1. The number of halogens is 2. The number of H-pyrrole nitrogens is 1. The summed E-state index contributed by atoms with van der Waals surface area (Å²) in [5.74, 6) is 0. The van der Waals surface area contributed by atoms with Crippen molar-refractivity contribution in [3.63, 3.8) is 0 Å². The Hall–Kier alpha value is -0.700. The lowest BCUT2D eigenvalue weighted by Gasteiger charge is -2.04. The van der Waals surface area contributed by atoms with Crippen LogP contribution in [0.25, 0.3) is 10.9 Å². The van der Waals surface area contributed by atoms with Crippen LogP contribution < -0.4 is 5.32 Å². The summed E-state index contributed by atoms with van der Waals surface area (Å²) in [6.07, 6.45) is 1.13. The van der Waals surface area contributed by atoms with Crippen molar-refractivity contribution >= 4 is 34.1 Å². The van der Waals surface area contributed by atoms with Gasteiger partial charge in [-0.1, -0.05) is 30.1 Å². The molecule has 0 atom stereocenters. The number of aromatic amines is 1. The van der Waals surface area contributed by atoms with E-state index in [2.05, 4.69) is 24.1 Å². The van der Waals surface area contributed by atoms with E-state index in [1.807, 2.05) is 6.07 Å². The summed E-state index contributed by atoms with van der Waals surface area (Å²) in [7, 11) is 0. The van der Waals surface area contributed by atoms with Crippen molar-refractivity contribution in [2.75, 3.05) is 6.54 Å². The van der Waals surface area contributed by atoms with Gasteiger partial charge in [-0.2, -0.15) is 0 Å². The van der Waals surface area contributed by atoms with Gasteiger partial charge < -0.3 is 10.3 Å². The van der Waals surface area contributed by atoms with E-state index in [0.29, 0.717) is 10.0 Å². The molecule has 0 amide bonds. The summed E-state index contributed by atoms with van der Waals surface area (Å²) in [6, 6.07) is 3.74. The fraction of sp³-hybridized carbons (Fsp3) is 0.385. The smallest absolute Gasteiger partial charge is 0.0662 e. The van der Waals surface area contributed by atoms with Crippen molar-refractivity contribution in [2.45, 2.75) is 26.8 Å². The Morgan fingerprint density at radius 3 is 2.76 bits per heavy atom. The van der Waals surface area contributed by atoms with E-state index in [-0.39, 0.29) is 0 Å². The van der Waals surface area contributed by atoms with Crippen molar-refractivity contribution in [2.24, 2.45) is 0 Å². The Morgan fingerprint density at radius 1 is 1.29 bits per heavy atom. The Morgan fingerprint density at radius 2 is 2.06 bits per heavy atom. The van der Waals surface area contributed by atoms with Gasteiger partial charge in [0.2, 0.25) is 0 Å². The van der Waals surface area contributed by atoms with Gasteiger partial charge in [-0.3, -0.25) is 0 Å². The van der Waals surface area contributed by atoms with Gasteiger partial charge in [0.15, 0.2) is 0 Å². The van der Waals surface area contributed by atoms with Gasteiger partial charge in [0, 0.05) is 22.6 Å². The predicted molar refractivity (Wildman–Crippen MR) is 75.1 cm³/mol. The molecule has 0 aliphatic heterocycles. The van der Waals surface area contributed by atoms with E-state index in [4.69, 9.17) is 23.2 Å². The molecule has 2 rings (SSSR count). The summed E-state index contributed by atoms with van der Waals surface area (Å²) in [5.41, 5.74) is 3.37. The van der Waals surface area contributed by atoms with E-state index < -0.39 is 0 Å². The maximum Gasteiger partial charge on any atom is 0.0662 e. The summed E-state index contributed by atoms with van der Waals surface area (Å²) >= 11 is 12.2. The third kappa shape index (κ3) is 2.59. The van der Waals surface area contributed by atoms with Crippen LogP contribution in [0.2, 0.25) is 10.0 Å². The number of benzene rings is 1. The summed E-state index contributed by atoms with van der Waals surface area (Å²) < 4.78 is 0. The molecule has 1 aromatic carbocycles. The molecule has 1 heterocycles. The van der Waals surface area contributed by atoms with Crippen molar-refractivity contribution in [1.82, 2.24) is 10.3 Å². The van der Waals surface area contributed by atoms with Crippen LogP contribution in [0.4, 0.5) is 0 Å². The van der Waals surface area contributed by atoms with Crippen LogP contribution in [0, 0.1) is 6.92 Å². The topological polar surface area (TPSA) is 27.8 Å². The third-order valence-corrected chi connectivity index (χ3v) is 3.39. The molecule has 0 saturated carbocycles. The molecule has 0 unspecified atom stereocenters. The molecule has 1 aromatic heterocycles. The molecular formula is C13H16Cl2N2. The molecule has 0 bridgehead atoms. The molecule has 2 N–H and O–H groups in total. The second-order valence-corrected chi connectivity index (χ2v) is 5.06. The summed E-state index contributed by atoms with van der Waals surface area (Å²) in [5, 5.41) is 5.87. The molecule has 17 heavy (non-hydrogen) atoms. The maximum absolute atomic E-state index is 6.17. The van der Waals surface area contributed by atoms with Gasteiger partial charge in [-0.25, -0.2) is 0 Å². The number of rotatable bonds is 4. The minimum Gasteiger partial charge on any atom is -0.357 e. The Bertz CT molecular complexity index is 532. The van der Waals surface area contributed by atoms with Crippen LogP contribution in [-0.4, -0.2) is 11.5 Å². The van der Waals surface area contributed by atoms with Crippen LogP contribution in [0.15, 0.2) is 12.1 Å². The molecular weight excluding hydrogens is 255 g/mol. The molecule has 4 heteroatoms. The highest BCUT2D eigenvalue weighted by atomic mass is 35.5. The zero-order chi connectivity index (χ0) is 12.4. The number of nitrogens with one attached hydrogen (secondary N) is 2. The van der Waals surface area contributed by atoms with E-state index >= 15 is 0 Å². The van der Waals surface area contributed by atoms with E-state index in [0.717, 1.165) is 36.1 Å². The average Bonchev–Trinajstić information content (AvgIpc) is 2.57. The van der Waals surface area contributed by atoms with Gasteiger partial charge in [-0.15, -0.1) is 0 Å². The molecule has 0 saturated heterocycles. The second-order valence-electron chi connectivity index (χ2n) is 4.22. The van der Waals surface area contributed by atoms with Crippen LogP contribution >= 0.6 is 23.2 Å². The van der Waals surface area contributed by atoms with Crippen molar-refractivity contribution in [1.29, 1.82) is 0 Å². The molecule has 0 aliphatic carbocycles. The Balaban J connectivity index is 2.43. The Labute approximate surface area is 111 Å². The summed E-state index contributed by atoms with van der Waals surface area (Å²) in [6.45, 7) is 6.08. The standard InChI is InChI=1S/C13H16Cl2N2/c1-3-4-16-7-11-8(2)17-13-10(11)5-9(14)6-12(13)15/h5-6,16-17H,3-4,7H2,1-2H3. The van der Waals surface area contributed by atoms with E-state index in [1.54, 1.807) is 6.07 Å². The zero-order valence-electron chi connectivity index (χ0n) is 10.0. The molecule has 2 nitrogen and oxygen atoms in total. The minimum absolute atomic E-state index is 0.678. The van der Waals surface area contributed by atoms with Crippen LogP contribution in [0.5, 0.6) is 0 Å². The highest BCUT2D eigenvalue weighted by molar-refractivity contribution is 6.38. The predicted octanol–water partition coefficient (Wildman–Crippen LogP) is 4.28. The molecule has 0 radical (unpaired) electrons. The first-order chi connectivity index (χ1) is 8.13. The molecule has 0 fully saturated rings. The van der Waals surface area contributed by atoms with Gasteiger partial charge in [0.25, 0.3) is 0 Å². The highest BCUT2D eigenvalue weighted by Crippen LogP contribution is 2.31. The van der Waals surface area contributed by atoms with Crippen LogP contribution in [0.1, 0.15) is 24.6 Å². The molecule has 2 aromatic rings. The lowest BCUT2D eigenvalue weighted by Crippen LogP contribution is -2.14. The average molecular weight is 271 g/mol. The number of fused-ring (bicyclic) bond motifs is 1. The lowest BCUT2D eigenvalue weighted by atomic mass is 10.1. The highest BCUT2D eigenvalue weighted by Gasteiger charge is 2.11. The van der Waals surface area contributed by atoms with Crippen LogP contribution in [-0.2, 0) is 6.54 Å². The monoisotopic (exact) mass is 270 g/mol. The lowest BCUT2D eigenvalue weighted by molar-refractivity contribution is 0.675. The molecule has 0 aliphatic rings. The minimum atomic E-state index is 0.678. The molecule has 0 spiro atoms. The SMILES string of the molecule is CCCNCc1c(C)[nH]c2c(Cl)cc(Cl)cc12. The maximum atomic E-state index is 6.17. The fourth-order valence-corrected chi connectivity index (χ4v) is 2.56. The van der Waals surface area contributed by atoms with Crippen LogP contribution in [0.3, 0.4) is 0 Å². The van der Waals surface area contributed by atoms with Crippen molar-refractivity contribution in [3.05, 3.63) is 33.4 Å². The van der Waals surface area contributed by atoms with E-state index in [1.165, 1.54) is 5.56 Å². The van der Waals surface area contributed by atoms with Gasteiger partial charge in [-0.05, 0) is 37.6 Å². The third-order valence-electron chi connectivity index (χ3n) is 2.87. The number of hydrogen-bond donors (Lipinski definition) is 2. The largest absolute Gasteiger partial charge is 0.357 e. The first kappa shape index (κ1) is 12.7. The molecule has 92 valence electrons. The van der Waals surface area contributed by atoms with Gasteiger partial charge in [0.05, 0.1) is 10.5 Å². The first-order valence-corrected chi connectivity index (χ1v) is 6.56. The van der Waals surface area contributed by atoms with Crippen molar-refractivity contribution in [3.8, 4) is 0 Å². The van der Waals surface area contributed by atoms with Crippen molar-refractivity contribution < 1.29 is 0 Å².